The quantitative estimate of drug-likeness (QED) is 0.808. The Morgan fingerprint density at radius 3 is 2.78 bits per heavy atom. The number of aromatic nitrogens is 1. The van der Waals surface area contributed by atoms with Gasteiger partial charge >= 0.3 is 5.51 Å². The van der Waals surface area contributed by atoms with Crippen LogP contribution in [0.4, 0.5) is 18.9 Å². The maximum atomic E-state index is 11.9. The van der Waals surface area contributed by atoms with Crippen LogP contribution >= 0.6 is 11.8 Å². The van der Waals surface area contributed by atoms with E-state index in [0.29, 0.717) is 11.6 Å². The summed E-state index contributed by atoms with van der Waals surface area (Å²) in [4.78, 5) is 4.03. The molecule has 0 atom stereocenters. The van der Waals surface area contributed by atoms with E-state index in [1.165, 1.54) is 0 Å². The Hall–Kier alpha value is -1.11. The molecule has 0 saturated carbocycles. The van der Waals surface area contributed by atoms with Gasteiger partial charge < -0.3 is 10.1 Å². The molecular weight excluding hydrogens is 265 g/mol. The second-order valence-electron chi connectivity index (χ2n) is 3.74. The van der Waals surface area contributed by atoms with Crippen LogP contribution in [0.25, 0.3) is 0 Å². The molecule has 1 N–H and O–H groups in total. The largest absolute Gasteiger partial charge is 0.473 e. The summed E-state index contributed by atoms with van der Waals surface area (Å²) in [5.74, 6) is 0.351. The predicted molar refractivity (Wildman–Crippen MR) is 67.0 cm³/mol. The molecule has 0 aliphatic heterocycles. The summed E-state index contributed by atoms with van der Waals surface area (Å²) in [6.07, 6.45) is 1.54. The lowest BCUT2D eigenvalue weighted by Gasteiger charge is -2.14. The molecule has 1 aromatic rings. The molecule has 3 nitrogen and oxygen atoms in total. The number of pyridine rings is 1. The Balaban J connectivity index is 2.46. The summed E-state index contributed by atoms with van der Waals surface area (Å²) in [6.45, 7) is 3.92. The van der Waals surface area contributed by atoms with Crippen LogP contribution in [0.1, 0.15) is 13.8 Å². The first-order chi connectivity index (χ1) is 8.38. The third kappa shape index (κ3) is 6.00. The molecule has 0 saturated heterocycles. The van der Waals surface area contributed by atoms with Gasteiger partial charge in [0.15, 0.2) is 0 Å². The lowest BCUT2D eigenvalue weighted by atomic mass is 10.4. The van der Waals surface area contributed by atoms with Gasteiger partial charge in [0.05, 0.1) is 11.8 Å². The summed E-state index contributed by atoms with van der Waals surface area (Å²) in [5.41, 5.74) is -3.58. The SMILES string of the molecule is CC(C)Oc1ncccc1NCCSC(F)(F)F. The van der Waals surface area contributed by atoms with Crippen LogP contribution in [-0.2, 0) is 0 Å². The van der Waals surface area contributed by atoms with Crippen LogP contribution in [0.2, 0.25) is 0 Å². The highest BCUT2D eigenvalue weighted by molar-refractivity contribution is 8.00. The Morgan fingerprint density at radius 1 is 1.44 bits per heavy atom. The zero-order valence-electron chi connectivity index (χ0n) is 10.1. The summed E-state index contributed by atoms with van der Waals surface area (Å²) in [5, 5.41) is 2.88. The Labute approximate surface area is 108 Å². The molecule has 7 heteroatoms. The van der Waals surface area contributed by atoms with E-state index in [4.69, 9.17) is 4.74 Å². The molecule has 0 radical (unpaired) electrons. The van der Waals surface area contributed by atoms with E-state index in [9.17, 15) is 13.2 Å². The van der Waals surface area contributed by atoms with Crippen molar-refractivity contribution in [1.29, 1.82) is 0 Å². The van der Waals surface area contributed by atoms with Crippen LogP contribution in [0.15, 0.2) is 18.3 Å². The third-order valence-electron chi connectivity index (χ3n) is 1.80. The van der Waals surface area contributed by atoms with E-state index >= 15 is 0 Å². The number of halogens is 3. The van der Waals surface area contributed by atoms with Crippen LogP contribution in [-0.4, -0.2) is 28.9 Å². The van der Waals surface area contributed by atoms with Gasteiger partial charge in [-0.15, -0.1) is 0 Å². The van der Waals surface area contributed by atoms with Crippen LogP contribution in [0.3, 0.4) is 0 Å². The average Bonchev–Trinajstić information content (AvgIpc) is 2.24. The lowest BCUT2D eigenvalue weighted by molar-refractivity contribution is -0.0327. The van der Waals surface area contributed by atoms with E-state index in [1.54, 1.807) is 18.3 Å². The monoisotopic (exact) mass is 280 g/mol. The molecule has 1 aromatic heterocycles. The number of alkyl halides is 3. The van der Waals surface area contributed by atoms with Crippen molar-refractivity contribution in [2.75, 3.05) is 17.6 Å². The first-order valence-corrected chi connectivity index (χ1v) is 6.43. The predicted octanol–water partition coefficient (Wildman–Crippen LogP) is 3.53. The van der Waals surface area contributed by atoms with Gasteiger partial charge in [0.2, 0.25) is 5.88 Å². The smallest absolute Gasteiger partial charge is 0.441 e. The number of ether oxygens (including phenoxy) is 1. The van der Waals surface area contributed by atoms with Crippen LogP contribution in [0.5, 0.6) is 5.88 Å². The molecule has 102 valence electrons. The zero-order chi connectivity index (χ0) is 13.6. The normalized spacial score (nSPS) is 11.7. The fourth-order valence-electron chi connectivity index (χ4n) is 1.19. The fraction of sp³-hybridized carbons (Fsp3) is 0.545. The molecule has 18 heavy (non-hydrogen) atoms. The fourth-order valence-corrected chi connectivity index (χ4v) is 1.63. The van der Waals surface area contributed by atoms with Gasteiger partial charge in [-0.3, -0.25) is 0 Å². The molecule has 0 aliphatic rings. The molecule has 0 fully saturated rings. The van der Waals surface area contributed by atoms with Gasteiger partial charge in [-0.1, -0.05) is 0 Å². The topological polar surface area (TPSA) is 34.1 Å². The van der Waals surface area contributed by atoms with Gasteiger partial charge in [-0.25, -0.2) is 4.98 Å². The minimum Gasteiger partial charge on any atom is -0.473 e. The summed E-state index contributed by atoms with van der Waals surface area (Å²) in [7, 11) is 0. The average molecular weight is 280 g/mol. The van der Waals surface area contributed by atoms with Crippen LogP contribution in [0, 0.1) is 0 Å². The lowest BCUT2D eigenvalue weighted by Crippen LogP contribution is -2.12. The molecule has 0 spiro atoms. The van der Waals surface area contributed by atoms with E-state index in [-0.39, 0.29) is 30.2 Å². The number of nitrogens with one attached hydrogen (secondary N) is 1. The van der Waals surface area contributed by atoms with E-state index in [0.717, 1.165) is 0 Å². The van der Waals surface area contributed by atoms with Gasteiger partial charge in [0.1, 0.15) is 0 Å². The first-order valence-electron chi connectivity index (χ1n) is 5.44. The van der Waals surface area contributed by atoms with E-state index in [1.807, 2.05) is 13.8 Å². The van der Waals surface area contributed by atoms with Crippen molar-refractivity contribution in [2.45, 2.75) is 25.5 Å². The molecule has 0 aromatic carbocycles. The van der Waals surface area contributed by atoms with Gasteiger partial charge in [-0.2, -0.15) is 13.2 Å². The molecule has 0 bridgehead atoms. The number of thioether (sulfide) groups is 1. The summed E-state index contributed by atoms with van der Waals surface area (Å²) in [6, 6.07) is 3.43. The van der Waals surface area contributed by atoms with Crippen molar-refractivity contribution in [2.24, 2.45) is 0 Å². The number of nitrogens with zero attached hydrogens (tertiary/aromatic N) is 1. The number of rotatable bonds is 6. The zero-order valence-corrected chi connectivity index (χ0v) is 10.9. The minimum absolute atomic E-state index is 0.0370. The molecular formula is C11H15F3N2OS. The highest BCUT2D eigenvalue weighted by Gasteiger charge is 2.27. The van der Waals surface area contributed by atoms with Gasteiger partial charge in [0, 0.05) is 18.5 Å². The van der Waals surface area contributed by atoms with Crippen molar-refractivity contribution >= 4 is 17.4 Å². The molecule has 0 unspecified atom stereocenters. The Morgan fingerprint density at radius 2 is 2.17 bits per heavy atom. The molecule has 1 rings (SSSR count). The molecule has 1 heterocycles. The first kappa shape index (κ1) is 14.9. The van der Waals surface area contributed by atoms with Crippen molar-refractivity contribution in [1.82, 2.24) is 4.98 Å². The van der Waals surface area contributed by atoms with Gasteiger partial charge in [-0.05, 0) is 37.7 Å². The Kier molecular flexibility index (Phi) is 5.58. The molecule has 0 aliphatic carbocycles. The Bertz CT molecular complexity index is 372. The van der Waals surface area contributed by atoms with Crippen molar-refractivity contribution in [3.8, 4) is 5.88 Å². The molecule has 0 amide bonds. The van der Waals surface area contributed by atoms with Crippen molar-refractivity contribution in [3.63, 3.8) is 0 Å². The third-order valence-corrected chi connectivity index (χ3v) is 2.54. The number of hydrogen-bond acceptors (Lipinski definition) is 4. The maximum Gasteiger partial charge on any atom is 0.441 e. The van der Waals surface area contributed by atoms with E-state index in [2.05, 4.69) is 10.3 Å². The van der Waals surface area contributed by atoms with Crippen molar-refractivity contribution < 1.29 is 17.9 Å². The number of anilines is 1. The minimum atomic E-state index is -4.19. The highest BCUT2D eigenvalue weighted by Crippen LogP contribution is 2.30. The van der Waals surface area contributed by atoms with E-state index < -0.39 is 5.51 Å². The second kappa shape index (κ2) is 6.72. The van der Waals surface area contributed by atoms with Crippen molar-refractivity contribution in [3.05, 3.63) is 18.3 Å². The van der Waals surface area contributed by atoms with Crippen LogP contribution < -0.4 is 10.1 Å². The summed E-state index contributed by atoms with van der Waals surface area (Å²) < 4.78 is 41.2. The number of hydrogen-bond donors (Lipinski definition) is 1. The maximum absolute atomic E-state index is 11.9. The standard InChI is InChI=1S/C11H15F3N2OS/c1-8(2)17-10-9(4-3-5-16-10)15-6-7-18-11(12,13)14/h3-5,8,15H,6-7H2,1-2H3. The highest BCUT2D eigenvalue weighted by atomic mass is 32.2. The van der Waals surface area contributed by atoms with Gasteiger partial charge in [0.25, 0.3) is 0 Å². The second-order valence-corrected chi connectivity index (χ2v) is 4.90. The summed E-state index contributed by atoms with van der Waals surface area (Å²) >= 11 is -0.0511.